The maximum Gasteiger partial charge on any atom is 0.344 e. The molecule has 2 saturated heterocycles. The summed E-state index contributed by atoms with van der Waals surface area (Å²) in [5.74, 6) is 0.387. The molecule has 0 saturated carbocycles. The summed E-state index contributed by atoms with van der Waals surface area (Å²) in [7, 11) is 0. The van der Waals surface area contributed by atoms with Crippen LogP contribution >= 0.6 is 0 Å². The molecule has 0 unspecified atom stereocenters. The fraction of sp³-hybridized carbons (Fsp3) is 0.550. The van der Waals surface area contributed by atoms with E-state index in [4.69, 9.17) is 0 Å². The van der Waals surface area contributed by atoms with E-state index in [1.54, 1.807) is 0 Å². The van der Waals surface area contributed by atoms with Gasteiger partial charge in [0.15, 0.2) is 6.54 Å². The van der Waals surface area contributed by atoms with Crippen LogP contribution in [-0.2, 0) is 15.1 Å². The Morgan fingerprint density at radius 1 is 1.22 bits per heavy atom. The fourth-order valence-corrected chi connectivity index (χ4v) is 4.50. The van der Waals surface area contributed by atoms with Crippen molar-refractivity contribution in [3.05, 3.63) is 35.9 Å². The van der Waals surface area contributed by atoms with Crippen LogP contribution in [-0.4, -0.2) is 42.5 Å². The predicted octanol–water partition coefficient (Wildman–Crippen LogP) is 0.436. The number of benzene rings is 1. The number of urea groups is 1. The topological polar surface area (TPSA) is 83.0 Å². The van der Waals surface area contributed by atoms with Crippen LogP contribution in [0.3, 0.4) is 0 Å². The monoisotopic (exact) mass is 373 g/mol. The number of carbonyl (C=O) groups is 3. The lowest BCUT2D eigenvalue weighted by Crippen LogP contribution is -3.15. The van der Waals surface area contributed by atoms with E-state index >= 15 is 0 Å². The van der Waals surface area contributed by atoms with Crippen molar-refractivity contribution in [3.8, 4) is 0 Å². The van der Waals surface area contributed by atoms with E-state index in [2.05, 4.69) is 24.6 Å². The molecule has 0 aliphatic carbocycles. The second-order valence-corrected chi connectivity index (χ2v) is 8.01. The van der Waals surface area contributed by atoms with Gasteiger partial charge in [0.2, 0.25) is 0 Å². The van der Waals surface area contributed by atoms with Crippen LogP contribution in [0.25, 0.3) is 0 Å². The Bertz CT molecular complexity index is 713. The molecule has 146 valence electrons. The first-order valence-electron chi connectivity index (χ1n) is 9.71. The highest BCUT2D eigenvalue weighted by molar-refractivity contribution is 6.08. The van der Waals surface area contributed by atoms with Crippen molar-refractivity contribution < 1.29 is 19.3 Å². The Balaban J connectivity index is 1.69. The molecular weight excluding hydrogens is 344 g/mol. The van der Waals surface area contributed by atoms with Gasteiger partial charge in [-0.05, 0) is 18.4 Å². The second-order valence-electron chi connectivity index (χ2n) is 8.01. The number of rotatable bonds is 5. The van der Waals surface area contributed by atoms with Crippen LogP contribution in [0.2, 0.25) is 0 Å². The number of nitrogens with one attached hydrogen (secondary N) is 3. The Labute approximate surface area is 160 Å². The predicted molar refractivity (Wildman–Crippen MR) is 100 cm³/mol. The van der Waals surface area contributed by atoms with Gasteiger partial charge in [0, 0.05) is 11.8 Å². The normalized spacial score (nSPS) is 30.9. The van der Waals surface area contributed by atoms with Crippen LogP contribution in [0.1, 0.15) is 39.2 Å². The first kappa shape index (κ1) is 19.4. The largest absolute Gasteiger partial charge is 0.344 e. The van der Waals surface area contributed by atoms with Crippen molar-refractivity contribution in [2.45, 2.75) is 39.2 Å². The molecule has 2 heterocycles. The minimum absolute atomic E-state index is 0.260. The SMILES string of the molecule is CC[C@]1(c2ccccc2)NC(=O)N(NC(=O)C[NH+]2C[C@@H](C)C[C@H](C)C2)C1=O. The van der Waals surface area contributed by atoms with E-state index in [0.29, 0.717) is 23.8 Å². The van der Waals surface area contributed by atoms with E-state index < -0.39 is 17.5 Å². The van der Waals surface area contributed by atoms with E-state index in [9.17, 15) is 14.4 Å². The molecule has 3 atom stereocenters. The number of hydrazine groups is 1. The molecule has 0 radical (unpaired) electrons. The number of imide groups is 1. The second kappa shape index (κ2) is 7.68. The summed E-state index contributed by atoms with van der Waals surface area (Å²) in [6, 6.07) is 8.55. The highest BCUT2D eigenvalue weighted by Crippen LogP contribution is 2.31. The first-order valence-corrected chi connectivity index (χ1v) is 9.71. The summed E-state index contributed by atoms with van der Waals surface area (Å²) < 4.78 is 0. The Kier molecular flexibility index (Phi) is 5.51. The molecule has 3 rings (SSSR count). The molecule has 2 fully saturated rings. The number of hydrogen-bond acceptors (Lipinski definition) is 3. The first-order chi connectivity index (χ1) is 12.9. The molecule has 1 aromatic rings. The highest BCUT2D eigenvalue weighted by atomic mass is 16.2. The van der Waals surface area contributed by atoms with Crippen molar-refractivity contribution in [2.24, 2.45) is 11.8 Å². The lowest BCUT2D eigenvalue weighted by Gasteiger charge is -2.31. The van der Waals surface area contributed by atoms with E-state index in [-0.39, 0.29) is 12.5 Å². The van der Waals surface area contributed by atoms with Crippen molar-refractivity contribution in [1.29, 1.82) is 0 Å². The van der Waals surface area contributed by atoms with Gasteiger partial charge in [-0.3, -0.25) is 15.0 Å². The van der Waals surface area contributed by atoms with Gasteiger partial charge >= 0.3 is 6.03 Å². The summed E-state index contributed by atoms with van der Waals surface area (Å²) in [5.41, 5.74) is 2.11. The summed E-state index contributed by atoms with van der Waals surface area (Å²) in [4.78, 5) is 39.2. The molecule has 2 aliphatic rings. The lowest BCUT2D eigenvalue weighted by atomic mass is 9.87. The van der Waals surface area contributed by atoms with Crippen LogP contribution < -0.4 is 15.6 Å². The average Bonchev–Trinajstić information content (AvgIpc) is 2.86. The molecule has 7 heteroatoms. The third-order valence-corrected chi connectivity index (χ3v) is 5.61. The van der Waals surface area contributed by atoms with Crippen molar-refractivity contribution in [2.75, 3.05) is 19.6 Å². The minimum atomic E-state index is -1.13. The molecule has 3 N–H and O–H groups in total. The van der Waals surface area contributed by atoms with Crippen molar-refractivity contribution in [3.63, 3.8) is 0 Å². The summed E-state index contributed by atoms with van der Waals surface area (Å²) in [6.07, 6.45) is 1.58. The van der Waals surface area contributed by atoms with Gasteiger partial charge in [-0.1, -0.05) is 51.1 Å². The van der Waals surface area contributed by atoms with Gasteiger partial charge in [0.1, 0.15) is 5.54 Å². The molecule has 1 aromatic carbocycles. The minimum Gasteiger partial charge on any atom is -0.327 e. The van der Waals surface area contributed by atoms with Gasteiger partial charge in [0.05, 0.1) is 13.1 Å². The summed E-state index contributed by atoms with van der Waals surface area (Å²) in [6.45, 7) is 8.36. The molecule has 2 aliphatic heterocycles. The third kappa shape index (κ3) is 3.83. The van der Waals surface area contributed by atoms with Gasteiger partial charge in [-0.25, -0.2) is 4.79 Å². The number of quaternary nitrogens is 1. The Morgan fingerprint density at radius 2 is 1.85 bits per heavy atom. The number of carbonyl (C=O) groups excluding carboxylic acids is 3. The van der Waals surface area contributed by atoms with Gasteiger partial charge in [-0.2, -0.15) is 5.01 Å². The number of amides is 4. The molecule has 4 amide bonds. The number of piperidine rings is 1. The molecule has 0 bridgehead atoms. The fourth-order valence-electron chi connectivity index (χ4n) is 4.50. The van der Waals surface area contributed by atoms with E-state index in [1.807, 2.05) is 37.3 Å². The van der Waals surface area contributed by atoms with Gasteiger partial charge in [-0.15, -0.1) is 0 Å². The number of likely N-dealkylation sites (tertiary alicyclic amines) is 1. The van der Waals surface area contributed by atoms with Gasteiger partial charge < -0.3 is 10.2 Å². The highest BCUT2D eigenvalue weighted by Gasteiger charge is 2.52. The maximum atomic E-state index is 13.0. The Hall–Kier alpha value is -2.41. The zero-order valence-electron chi connectivity index (χ0n) is 16.2. The standard InChI is InChI=1S/C20H28N4O3/c1-4-20(16-8-6-5-7-9-16)18(26)24(19(27)21-20)22-17(25)13-23-11-14(2)10-15(3)12-23/h5-9,14-15H,4,10-13H2,1-3H3,(H,21,27)(H,22,25)/p+1/t14-,15-,20+/m0/s1. The third-order valence-electron chi connectivity index (χ3n) is 5.61. The molecule has 27 heavy (non-hydrogen) atoms. The maximum absolute atomic E-state index is 13.0. The van der Waals surface area contributed by atoms with Crippen LogP contribution in [0.4, 0.5) is 4.79 Å². The van der Waals surface area contributed by atoms with E-state index in [0.717, 1.165) is 18.1 Å². The molecule has 7 nitrogen and oxygen atoms in total. The molecule has 0 aromatic heterocycles. The molecular formula is C20H29N4O3+. The molecule has 0 spiro atoms. The number of nitrogens with zero attached hydrogens (tertiary/aromatic N) is 1. The average molecular weight is 373 g/mol. The summed E-state index contributed by atoms with van der Waals surface area (Å²) >= 11 is 0. The van der Waals surface area contributed by atoms with Crippen LogP contribution in [0.15, 0.2) is 30.3 Å². The zero-order chi connectivity index (χ0) is 19.6. The lowest BCUT2D eigenvalue weighted by molar-refractivity contribution is -0.904. The quantitative estimate of drug-likeness (QED) is 0.655. The number of hydrogen-bond donors (Lipinski definition) is 3. The Morgan fingerprint density at radius 3 is 2.44 bits per heavy atom. The smallest absolute Gasteiger partial charge is 0.327 e. The van der Waals surface area contributed by atoms with Crippen molar-refractivity contribution >= 4 is 17.8 Å². The van der Waals surface area contributed by atoms with Crippen LogP contribution in [0.5, 0.6) is 0 Å². The van der Waals surface area contributed by atoms with E-state index in [1.165, 1.54) is 11.3 Å². The van der Waals surface area contributed by atoms with Crippen molar-refractivity contribution in [1.82, 2.24) is 15.8 Å². The van der Waals surface area contributed by atoms with Gasteiger partial charge in [0.25, 0.3) is 11.8 Å². The zero-order valence-corrected chi connectivity index (χ0v) is 16.2. The van der Waals surface area contributed by atoms with Crippen LogP contribution in [0, 0.1) is 11.8 Å². The summed E-state index contributed by atoms with van der Waals surface area (Å²) in [5, 5.41) is 3.61.